The summed E-state index contributed by atoms with van der Waals surface area (Å²) in [5, 5.41) is 25.6. The van der Waals surface area contributed by atoms with Crippen LogP contribution in [-0.2, 0) is 4.79 Å². The highest BCUT2D eigenvalue weighted by molar-refractivity contribution is 7.99. The molecule has 0 radical (unpaired) electrons. The molecule has 0 bridgehead atoms. The SMILES string of the molecule is COc1ccc(-n2c(C)c(C)c(C#N)c2NC(=O)CSc2nnc(-n3nc(C)cc3C)n2N)cc1. The van der Waals surface area contributed by atoms with E-state index in [9.17, 15) is 10.1 Å². The fraction of sp³-hybridized carbons (Fsp3) is 0.261. The zero-order valence-electron chi connectivity index (χ0n) is 20.0. The molecule has 0 saturated heterocycles. The molecular weight excluding hydrogens is 466 g/mol. The third kappa shape index (κ3) is 4.45. The van der Waals surface area contributed by atoms with Crippen molar-refractivity contribution in [3.05, 3.63) is 58.5 Å². The molecule has 3 aromatic heterocycles. The van der Waals surface area contributed by atoms with Crippen molar-refractivity contribution in [2.24, 2.45) is 0 Å². The fourth-order valence-corrected chi connectivity index (χ4v) is 4.41. The third-order valence-electron chi connectivity index (χ3n) is 5.59. The summed E-state index contributed by atoms with van der Waals surface area (Å²) in [6.07, 6.45) is 0. The Hall–Kier alpha value is -4.24. The summed E-state index contributed by atoms with van der Waals surface area (Å²) in [5.41, 5.74) is 4.55. The van der Waals surface area contributed by atoms with E-state index in [1.807, 2.05) is 62.6 Å². The smallest absolute Gasteiger partial charge is 0.271 e. The number of benzene rings is 1. The molecule has 3 N–H and O–H groups in total. The normalized spacial score (nSPS) is 10.9. The van der Waals surface area contributed by atoms with Crippen molar-refractivity contribution < 1.29 is 9.53 Å². The van der Waals surface area contributed by atoms with E-state index in [1.165, 1.54) is 4.68 Å². The molecule has 0 aliphatic rings. The molecule has 0 aliphatic carbocycles. The first kappa shape index (κ1) is 23.9. The number of nitriles is 1. The molecule has 0 spiro atoms. The Kier molecular flexibility index (Phi) is 6.52. The van der Waals surface area contributed by atoms with Gasteiger partial charge in [0.25, 0.3) is 5.95 Å². The summed E-state index contributed by atoms with van der Waals surface area (Å²) in [5.74, 6) is 7.35. The number of aromatic nitrogens is 6. The van der Waals surface area contributed by atoms with E-state index in [-0.39, 0.29) is 11.7 Å². The molecule has 3 heterocycles. The molecule has 0 aliphatic heterocycles. The second-order valence-electron chi connectivity index (χ2n) is 7.91. The lowest BCUT2D eigenvalue weighted by Crippen LogP contribution is -2.20. The number of nitrogens with zero attached hydrogens (tertiary/aromatic N) is 7. The molecule has 0 unspecified atom stereocenters. The number of amides is 1. The maximum absolute atomic E-state index is 12.9. The molecule has 1 amide bonds. The topological polar surface area (TPSA) is 142 Å². The number of ether oxygens (including phenoxy) is 1. The van der Waals surface area contributed by atoms with Gasteiger partial charge in [-0.3, -0.25) is 9.36 Å². The van der Waals surface area contributed by atoms with Crippen molar-refractivity contribution >= 4 is 23.5 Å². The average molecular weight is 492 g/mol. The molecule has 1 aromatic carbocycles. The largest absolute Gasteiger partial charge is 0.497 e. The van der Waals surface area contributed by atoms with Crippen LogP contribution >= 0.6 is 11.8 Å². The first-order valence-corrected chi connectivity index (χ1v) is 11.7. The van der Waals surface area contributed by atoms with E-state index in [4.69, 9.17) is 10.6 Å². The predicted octanol–water partition coefficient (Wildman–Crippen LogP) is 2.81. The minimum Gasteiger partial charge on any atom is -0.497 e. The number of carbonyl (C=O) groups is 1. The lowest BCUT2D eigenvalue weighted by atomic mass is 10.2. The zero-order chi connectivity index (χ0) is 25.3. The number of nitrogen functional groups attached to an aromatic ring is 1. The van der Waals surface area contributed by atoms with Crippen molar-refractivity contribution in [3.8, 4) is 23.5 Å². The van der Waals surface area contributed by atoms with Gasteiger partial charge in [0.15, 0.2) is 0 Å². The number of methoxy groups -OCH3 is 1. The van der Waals surface area contributed by atoms with Crippen LogP contribution in [0.4, 0.5) is 5.82 Å². The van der Waals surface area contributed by atoms with Crippen molar-refractivity contribution in [2.45, 2.75) is 32.9 Å². The van der Waals surface area contributed by atoms with Crippen LogP contribution in [0.15, 0.2) is 35.5 Å². The standard InChI is InChI=1S/C23H25N9O2S/c1-13-10-14(2)32(29-13)22-27-28-23(31(22)25)35-12-20(33)26-21-19(11-24)15(3)16(4)30(21)17-6-8-18(34-5)9-7-17/h6-10H,12,25H2,1-5H3,(H,26,33). The van der Waals surface area contributed by atoms with Gasteiger partial charge in [-0.2, -0.15) is 10.4 Å². The molecule has 0 atom stereocenters. The number of thioether (sulfide) groups is 1. The van der Waals surface area contributed by atoms with Crippen molar-refractivity contribution in [1.82, 2.24) is 29.2 Å². The molecule has 11 nitrogen and oxygen atoms in total. The predicted molar refractivity (Wildman–Crippen MR) is 133 cm³/mol. The number of hydrogen-bond acceptors (Lipinski definition) is 8. The van der Waals surface area contributed by atoms with Gasteiger partial charge in [-0.25, -0.2) is 9.36 Å². The van der Waals surface area contributed by atoms with Crippen LogP contribution in [0.2, 0.25) is 0 Å². The van der Waals surface area contributed by atoms with Gasteiger partial charge in [0.05, 0.1) is 24.1 Å². The Morgan fingerprint density at radius 1 is 1.20 bits per heavy atom. The molecule has 180 valence electrons. The highest BCUT2D eigenvalue weighted by Crippen LogP contribution is 2.31. The van der Waals surface area contributed by atoms with Crippen LogP contribution in [0, 0.1) is 39.0 Å². The minimum absolute atomic E-state index is 0.0171. The number of nitrogens with one attached hydrogen (secondary N) is 1. The summed E-state index contributed by atoms with van der Waals surface area (Å²) >= 11 is 1.14. The van der Waals surface area contributed by atoms with Crippen LogP contribution in [0.3, 0.4) is 0 Å². The average Bonchev–Trinajstić information content (AvgIpc) is 3.45. The lowest BCUT2D eigenvalue weighted by molar-refractivity contribution is -0.113. The van der Waals surface area contributed by atoms with Gasteiger partial charge in [0.1, 0.15) is 17.6 Å². The highest BCUT2D eigenvalue weighted by atomic mass is 32.2. The Labute approximate surface area is 206 Å². The first-order valence-electron chi connectivity index (χ1n) is 10.7. The number of hydrogen-bond donors (Lipinski definition) is 2. The molecule has 0 saturated carbocycles. The number of rotatable bonds is 7. The Morgan fingerprint density at radius 2 is 1.91 bits per heavy atom. The molecule has 12 heteroatoms. The number of aryl methyl sites for hydroxylation is 2. The van der Waals surface area contributed by atoms with Crippen LogP contribution in [0.25, 0.3) is 11.6 Å². The van der Waals surface area contributed by atoms with Gasteiger partial charge < -0.3 is 15.9 Å². The van der Waals surface area contributed by atoms with Gasteiger partial charge >= 0.3 is 0 Å². The Morgan fingerprint density at radius 3 is 2.51 bits per heavy atom. The zero-order valence-corrected chi connectivity index (χ0v) is 20.8. The summed E-state index contributed by atoms with van der Waals surface area (Å²) in [6.45, 7) is 7.53. The van der Waals surface area contributed by atoms with Crippen molar-refractivity contribution in [1.29, 1.82) is 5.26 Å². The molecule has 4 aromatic rings. The first-order chi connectivity index (χ1) is 16.7. The van der Waals surface area contributed by atoms with Gasteiger partial charge in [-0.1, -0.05) is 11.8 Å². The van der Waals surface area contributed by atoms with E-state index in [2.05, 4.69) is 26.7 Å². The summed E-state index contributed by atoms with van der Waals surface area (Å²) in [4.78, 5) is 12.9. The monoisotopic (exact) mass is 491 g/mol. The van der Waals surface area contributed by atoms with Gasteiger partial charge in [-0.05, 0) is 63.6 Å². The van der Waals surface area contributed by atoms with E-state index in [0.717, 1.165) is 40.1 Å². The lowest BCUT2D eigenvalue weighted by Gasteiger charge is -2.13. The van der Waals surface area contributed by atoms with E-state index in [1.54, 1.807) is 11.8 Å². The number of carbonyl (C=O) groups excluding carboxylic acids is 1. The highest BCUT2D eigenvalue weighted by Gasteiger charge is 2.22. The second-order valence-corrected chi connectivity index (χ2v) is 8.85. The van der Waals surface area contributed by atoms with E-state index >= 15 is 0 Å². The van der Waals surface area contributed by atoms with Crippen LogP contribution in [0.5, 0.6) is 5.75 Å². The second kappa shape index (κ2) is 9.55. The molecule has 0 fully saturated rings. The summed E-state index contributed by atoms with van der Waals surface area (Å²) < 4.78 is 9.98. The molecule has 4 rings (SSSR count). The number of anilines is 1. The summed E-state index contributed by atoms with van der Waals surface area (Å²) in [6, 6.07) is 11.5. The maximum Gasteiger partial charge on any atom is 0.271 e. The maximum atomic E-state index is 12.9. The molecular formula is C23H25N9O2S. The van der Waals surface area contributed by atoms with Gasteiger partial charge in [0.2, 0.25) is 11.1 Å². The van der Waals surface area contributed by atoms with E-state index < -0.39 is 0 Å². The van der Waals surface area contributed by atoms with Crippen molar-refractivity contribution in [3.63, 3.8) is 0 Å². The van der Waals surface area contributed by atoms with Crippen LogP contribution < -0.4 is 15.9 Å². The van der Waals surface area contributed by atoms with E-state index in [0.29, 0.717) is 28.2 Å². The van der Waals surface area contributed by atoms with Crippen LogP contribution in [0.1, 0.15) is 28.2 Å². The minimum atomic E-state index is -0.311. The number of nitrogens with two attached hydrogens (primary N) is 1. The Balaban J connectivity index is 1.55. The quantitative estimate of drug-likeness (QED) is 0.297. The van der Waals surface area contributed by atoms with Gasteiger partial charge in [0, 0.05) is 17.1 Å². The third-order valence-corrected chi connectivity index (χ3v) is 6.53. The van der Waals surface area contributed by atoms with Gasteiger partial charge in [-0.15, -0.1) is 10.2 Å². The van der Waals surface area contributed by atoms with Crippen LogP contribution in [-0.4, -0.2) is 48.0 Å². The Bertz CT molecular complexity index is 1440. The molecule has 35 heavy (non-hydrogen) atoms. The van der Waals surface area contributed by atoms with Crippen molar-refractivity contribution in [2.75, 3.05) is 24.0 Å². The summed E-state index contributed by atoms with van der Waals surface area (Å²) in [7, 11) is 1.60. The fourth-order valence-electron chi connectivity index (χ4n) is 3.76.